The monoisotopic (exact) mass is 465 g/mol. The van der Waals surface area contributed by atoms with E-state index in [0.717, 1.165) is 33.6 Å². The molecule has 0 aliphatic heterocycles. The zero-order valence-corrected chi connectivity index (χ0v) is 18.9. The van der Waals surface area contributed by atoms with Gasteiger partial charge in [-0.2, -0.15) is 0 Å². The first kappa shape index (κ1) is 22.5. The van der Waals surface area contributed by atoms with Crippen molar-refractivity contribution in [2.75, 3.05) is 11.9 Å². The second-order valence-corrected chi connectivity index (χ2v) is 9.04. The molecule has 33 heavy (non-hydrogen) atoms. The zero-order chi connectivity index (χ0) is 23.5. The number of fused-ring (bicyclic) bond motifs is 3. The van der Waals surface area contributed by atoms with Crippen molar-refractivity contribution in [1.29, 1.82) is 0 Å². The van der Waals surface area contributed by atoms with Gasteiger partial charge in [0.15, 0.2) is 5.13 Å². The van der Waals surface area contributed by atoms with Crippen LogP contribution in [0.25, 0.3) is 11.1 Å². The molecule has 1 aliphatic rings. The van der Waals surface area contributed by atoms with Crippen LogP contribution in [0.4, 0.5) is 9.93 Å². The van der Waals surface area contributed by atoms with Crippen molar-refractivity contribution in [3.8, 4) is 11.1 Å². The molecule has 1 heterocycles. The molecular formula is C24H23N3O5S. The van der Waals surface area contributed by atoms with Gasteiger partial charge in [-0.1, -0.05) is 73.7 Å². The van der Waals surface area contributed by atoms with Crippen molar-refractivity contribution >= 4 is 34.4 Å². The number of carbonyl (C=O) groups is 3. The predicted octanol–water partition coefficient (Wildman–Crippen LogP) is 4.34. The quantitative estimate of drug-likeness (QED) is 0.478. The Morgan fingerprint density at radius 1 is 1.06 bits per heavy atom. The van der Waals surface area contributed by atoms with E-state index in [0.29, 0.717) is 0 Å². The normalized spacial score (nSPS) is 13.2. The van der Waals surface area contributed by atoms with Gasteiger partial charge in [0, 0.05) is 5.92 Å². The molecule has 0 spiro atoms. The average Bonchev–Trinajstić information content (AvgIpc) is 3.38. The van der Waals surface area contributed by atoms with Crippen LogP contribution in [0.1, 0.15) is 40.6 Å². The Balaban J connectivity index is 1.37. The molecule has 0 saturated carbocycles. The SMILES string of the molecule is CC(C)[C@H](NC(=O)c1cnc(NC(=O)OCC2c3ccccc3-c3ccccc32)s1)C(=O)O. The number of amides is 2. The minimum atomic E-state index is -1.11. The Bertz CT molecular complexity index is 1160. The summed E-state index contributed by atoms with van der Waals surface area (Å²) < 4.78 is 5.48. The fourth-order valence-corrected chi connectivity index (χ4v) is 4.59. The summed E-state index contributed by atoms with van der Waals surface area (Å²) in [4.78, 5) is 40.2. The van der Waals surface area contributed by atoms with Crippen molar-refractivity contribution in [2.24, 2.45) is 5.92 Å². The number of nitrogens with one attached hydrogen (secondary N) is 2. The first-order chi connectivity index (χ1) is 15.8. The highest BCUT2D eigenvalue weighted by atomic mass is 32.1. The van der Waals surface area contributed by atoms with Crippen LogP contribution in [0.3, 0.4) is 0 Å². The van der Waals surface area contributed by atoms with Crippen LogP contribution >= 0.6 is 11.3 Å². The van der Waals surface area contributed by atoms with Gasteiger partial charge in [0.1, 0.15) is 17.5 Å². The number of carboxylic acids is 1. The maximum absolute atomic E-state index is 12.4. The molecule has 2 aromatic carbocycles. The molecular weight excluding hydrogens is 442 g/mol. The number of rotatable bonds is 7. The smallest absolute Gasteiger partial charge is 0.413 e. The van der Waals surface area contributed by atoms with Crippen LogP contribution in [0.5, 0.6) is 0 Å². The third kappa shape index (κ3) is 4.73. The Morgan fingerprint density at radius 2 is 1.67 bits per heavy atom. The van der Waals surface area contributed by atoms with E-state index < -0.39 is 24.0 Å². The van der Waals surface area contributed by atoms with E-state index >= 15 is 0 Å². The third-order valence-electron chi connectivity index (χ3n) is 5.50. The van der Waals surface area contributed by atoms with E-state index in [-0.39, 0.29) is 28.5 Å². The lowest BCUT2D eigenvalue weighted by Gasteiger charge is -2.17. The number of aromatic nitrogens is 1. The molecule has 1 atom stereocenters. The summed E-state index contributed by atoms with van der Waals surface area (Å²) >= 11 is 0.942. The summed E-state index contributed by atoms with van der Waals surface area (Å²) in [7, 11) is 0. The summed E-state index contributed by atoms with van der Waals surface area (Å²) in [6.07, 6.45) is 0.613. The van der Waals surface area contributed by atoms with Crippen molar-refractivity contribution < 1.29 is 24.2 Å². The lowest BCUT2D eigenvalue weighted by Crippen LogP contribution is -2.44. The van der Waals surface area contributed by atoms with E-state index in [1.807, 2.05) is 36.4 Å². The summed E-state index contributed by atoms with van der Waals surface area (Å²) in [5.41, 5.74) is 4.49. The van der Waals surface area contributed by atoms with Crippen molar-refractivity contribution in [3.63, 3.8) is 0 Å². The summed E-state index contributed by atoms with van der Waals surface area (Å²) in [6.45, 7) is 3.57. The van der Waals surface area contributed by atoms with Gasteiger partial charge in [0.25, 0.3) is 5.91 Å². The van der Waals surface area contributed by atoms with E-state index in [9.17, 15) is 19.5 Å². The maximum atomic E-state index is 12.4. The first-order valence-electron chi connectivity index (χ1n) is 10.5. The summed E-state index contributed by atoms with van der Waals surface area (Å²) in [5, 5.41) is 14.4. The van der Waals surface area contributed by atoms with Gasteiger partial charge in [-0.05, 0) is 28.2 Å². The number of anilines is 1. The molecule has 3 N–H and O–H groups in total. The molecule has 0 fully saturated rings. The molecule has 4 rings (SSSR count). The van der Waals surface area contributed by atoms with Gasteiger partial charge < -0.3 is 15.2 Å². The van der Waals surface area contributed by atoms with Crippen LogP contribution < -0.4 is 10.6 Å². The molecule has 0 bridgehead atoms. The minimum Gasteiger partial charge on any atom is -0.480 e. The van der Waals surface area contributed by atoms with Gasteiger partial charge >= 0.3 is 12.1 Å². The Kier molecular flexibility index (Phi) is 6.41. The molecule has 0 unspecified atom stereocenters. The average molecular weight is 466 g/mol. The van der Waals surface area contributed by atoms with E-state index in [4.69, 9.17) is 4.74 Å². The molecule has 1 aliphatic carbocycles. The molecule has 3 aromatic rings. The second kappa shape index (κ2) is 9.41. The van der Waals surface area contributed by atoms with Gasteiger partial charge in [0.2, 0.25) is 0 Å². The van der Waals surface area contributed by atoms with E-state index in [1.54, 1.807) is 13.8 Å². The number of carboxylic acid groups (broad SMARTS) is 1. The van der Waals surface area contributed by atoms with Crippen LogP contribution in [0, 0.1) is 5.92 Å². The van der Waals surface area contributed by atoms with Gasteiger partial charge in [-0.15, -0.1) is 0 Å². The topological polar surface area (TPSA) is 118 Å². The molecule has 1 aromatic heterocycles. The largest absolute Gasteiger partial charge is 0.480 e. The van der Waals surface area contributed by atoms with Crippen LogP contribution in [-0.2, 0) is 9.53 Å². The second-order valence-electron chi connectivity index (χ2n) is 8.01. The van der Waals surface area contributed by atoms with Crippen molar-refractivity contribution in [3.05, 3.63) is 70.7 Å². The number of carbonyl (C=O) groups excluding carboxylic acids is 2. The summed E-state index contributed by atoms with van der Waals surface area (Å²) in [5.74, 6) is -2.02. The number of hydrogen-bond donors (Lipinski definition) is 3. The minimum absolute atomic E-state index is 0.0650. The molecule has 0 saturated heterocycles. The van der Waals surface area contributed by atoms with Crippen LogP contribution in [0.15, 0.2) is 54.7 Å². The maximum Gasteiger partial charge on any atom is 0.413 e. The lowest BCUT2D eigenvalue weighted by atomic mass is 9.98. The number of benzene rings is 2. The Labute approximate surface area is 194 Å². The number of ether oxygens (including phenoxy) is 1. The third-order valence-corrected chi connectivity index (χ3v) is 6.41. The van der Waals surface area contributed by atoms with Gasteiger partial charge in [0.05, 0.1) is 6.20 Å². The zero-order valence-electron chi connectivity index (χ0n) is 18.1. The van der Waals surface area contributed by atoms with E-state index in [2.05, 4.69) is 27.8 Å². The number of thiazole rings is 1. The fraction of sp³-hybridized carbons (Fsp3) is 0.250. The standard InChI is InChI=1S/C24H23N3O5S/c1-13(2)20(22(29)30)26-21(28)19-11-25-23(33-19)27-24(31)32-12-18-16-9-5-3-7-14(16)15-8-4-6-10-17(15)18/h3-11,13,18,20H,12H2,1-2H3,(H,26,28)(H,29,30)(H,25,27,31)/t20-/m0/s1. The van der Waals surface area contributed by atoms with Gasteiger partial charge in [-0.25, -0.2) is 14.6 Å². The lowest BCUT2D eigenvalue weighted by molar-refractivity contribution is -0.140. The van der Waals surface area contributed by atoms with E-state index in [1.165, 1.54) is 6.20 Å². The summed E-state index contributed by atoms with van der Waals surface area (Å²) in [6, 6.07) is 15.1. The molecule has 8 nitrogen and oxygen atoms in total. The first-order valence-corrected chi connectivity index (χ1v) is 11.3. The fourth-order valence-electron chi connectivity index (χ4n) is 3.88. The number of nitrogens with zero attached hydrogens (tertiary/aromatic N) is 1. The molecule has 9 heteroatoms. The Hall–Kier alpha value is -3.72. The number of aliphatic carboxylic acids is 1. The van der Waals surface area contributed by atoms with Gasteiger partial charge in [-0.3, -0.25) is 10.1 Å². The van der Waals surface area contributed by atoms with Crippen LogP contribution in [-0.4, -0.2) is 40.7 Å². The Morgan fingerprint density at radius 3 is 2.24 bits per heavy atom. The van der Waals surface area contributed by atoms with Crippen molar-refractivity contribution in [1.82, 2.24) is 10.3 Å². The van der Waals surface area contributed by atoms with Crippen molar-refractivity contribution in [2.45, 2.75) is 25.8 Å². The molecule has 170 valence electrons. The van der Waals surface area contributed by atoms with Crippen LogP contribution in [0.2, 0.25) is 0 Å². The predicted molar refractivity (Wildman–Crippen MR) is 125 cm³/mol. The number of hydrogen-bond acceptors (Lipinski definition) is 6. The molecule has 0 radical (unpaired) electrons. The highest BCUT2D eigenvalue weighted by Gasteiger charge is 2.29. The highest BCUT2D eigenvalue weighted by molar-refractivity contribution is 7.17. The molecule has 2 amide bonds. The highest BCUT2D eigenvalue weighted by Crippen LogP contribution is 2.44.